The van der Waals surface area contributed by atoms with E-state index in [4.69, 9.17) is 5.73 Å². The van der Waals surface area contributed by atoms with Crippen molar-refractivity contribution in [2.75, 3.05) is 18.8 Å². The van der Waals surface area contributed by atoms with Gasteiger partial charge >= 0.3 is 0 Å². The van der Waals surface area contributed by atoms with Gasteiger partial charge in [0.25, 0.3) is 0 Å². The molecule has 172 valence electrons. The van der Waals surface area contributed by atoms with E-state index in [0.29, 0.717) is 5.82 Å². The largest absolute Gasteiger partial charge is 0.383 e. The van der Waals surface area contributed by atoms with E-state index in [0.717, 1.165) is 54.2 Å². The Morgan fingerprint density at radius 2 is 1.97 bits per heavy atom. The highest BCUT2D eigenvalue weighted by Crippen LogP contribution is 2.32. The molecule has 0 fully saturated rings. The fourth-order valence-corrected chi connectivity index (χ4v) is 4.76. The van der Waals surface area contributed by atoms with Gasteiger partial charge < -0.3 is 10.3 Å². The summed E-state index contributed by atoms with van der Waals surface area (Å²) in [7, 11) is 1.94. The SMILES string of the molecule is C=CC1=C(C=C)CN(Sc2cc(C(C)=O)n(C)c2C)CC1.CCCc1ccnc(N)c1C. The third kappa shape index (κ3) is 6.24. The monoisotopic (exact) mass is 452 g/mol. The van der Waals surface area contributed by atoms with Crippen molar-refractivity contribution in [2.45, 2.75) is 51.9 Å². The third-order valence-electron chi connectivity index (χ3n) is 5.83. The maximum atomic E-state index is 11.6. The number of hydrogen-bond acceptors (Lipinski definition) is 5. The molecule has 0 unspecified atom stereocenters. The van der Waals surface area contributed by atoms with Gasteiger partial charge in [-0.15, -0.1) is 0 Å². The van der Waals surface area contributed by atoms with E-state index in [1.165, 1.54) is 16.7 Å². The summed E-state index contributed by atoms with van der Waals surface area (Å²) in [5.41, 5.74) is 12.5. The second-order valence-electron chi connectivity index (χ2n) is 7.99. The first-order chi connectivity index (χ1) is 15.2. The summed E-state index contributed by atoms with van der Waals surface area (Å²) in [5.74, 6) is 0.766. The summed E-state index contributed by atoms with van der Waals surface area (Å²) in [6, 6.07) is 4.03. The van der Waals surface area contributed by atoms with Crippen molar-refractivity contribution in [3.8, 4) is 0 Å². The summed E-state index contributed by atoms with van der Waals surface area (Å²) in [5, 5.41) is 0. The third-order valence-corrected chi connectivity index (χ3v) is 7.01. The zero-order valence-electron chi connectivity index (χ0n) is 20.1. The standard InChI is InChI=1S/C17H22N2OS.C9H14N2/c1-6-14-8-9-19(11-15(14)7-2)21-17-10-16(13(4)20)18(5)12(17)3;1-3-4-8-5-6-11-9(10)7(8)2/h6-7,10H,1-2,8-9,11H2,3-5H3;5-6H,3-4H2,1-2H3,(H2,10,11). The topological polar surface area (TPSA) is 64.2 Å². The van der Waals surface area contributed by atoms with Crippen LogP contribution >= 0.6 is 11.9 Å². The molecule has 0 atom stereocenters. The van der Waals surface area contributed by atoms with Gasteiger partial charge in [0.1, 0.15) is 5.82 Å². The molecule has 2 aromatic rings. The molecule has 3 rings (SSSR count). The van der Waals surface area contributed by atoms with Gasteiger partial charge in [0.15, 0.2) is 5.78 Å². The normalized spacial score (nSPS) is 14.0. The van der Waals surface area contributed by atoms with Crippen LogP contribution in [0.5, 0.6) is 0 Å². The van der Waals surface area contributed by atoms with Crippen LogP contribution < -0.4 is 5.73 Å². The van der Waals surface area contributed by atoms with Crippen LogP contribution in [0.2, 0.25) is 0 Å². The number of nitrogens with zero attached hydrogens (tertiary/aromatic N) is 3. The molecular formula is C26H36N4OS. The number of hydrogen-bond donors (Lipinski definition) is 1. The highest BCUT2D eigenvalue weighted by Gasteiger charge is 2.20. The van der Waals surface area contributed by atoms with Gasteiger partial charge in [0.05, 0.1) is 5.69 Å². The second kappa shape index (κ2) is 11.9. The quantitative estimate of drug-likeness (QED) is 0.422. The molecule has 5 nitrogen and oxygen atoms in total. The minimum absolute atomic E-state index is 0.103. The zero-order valence-corrected chi connectivity index (χ0v) is 20.9. The average molecular weight is 453 g/mol. The predicted octanol–water partition coefficient (Wildman–Crippen LogP) is 5.84. The van der Waals surface area contributed by atoms with Gasteiger partial charge in [-0.3, -0.25) is 4.79 Å². The predicted molar refractivity (Wildman–Crippen MR) is 137 cm³/mol. The molecule has 0 saturated heterocycles. The van der Waals surface area contributed by atoms with Crippen LogP contribution in [0.3, 0.4) is 0 Å². The molecule has 1 aliphatic heterocycles. The zero-order chi connectivity index (χ0) is 23.8. The number of carbonyl (C=O) groups excluding carboxylic acids is 1. The number of aromatic nitrogens is 2. The fourth-order valence-electron chi connectivity index (χ4n) is 3.66. The molecule has 6 heteroatoms. The highest BCUT2D eigenvalue weighted by molar-refractivity contribution is 7.97. The van der Waals surface area contributed by atoms with Crippen LogP contribution in [-0.2, 0) is 13.5 Å². The Hall–Kier alpha value is -2.57. The molecule has 2 aromatic heterocycles. The van der Waals surface area contributed by atoms with Crippen LogP contribution in [0.15, 0.2) is 59.7 Å². The Kier molecular flexibility index (Phi) is 9.54. The van der Waals surface area contributed by atoms with E-state index in [1.54, 1.807) is 25.1 Å². The average Bonchev–Trinajstić information content (AvgIpc) is 3.06. The maximum Gasteiger partial charge on any atom is 0.176 e. The molecule has 0 saturated carbocycles. The molecule has 0 aliphatic carbocycles. The highest BCUT2D eigenvalue weighted by atomic mass is 32.2. The van der Waals surface area contributed by atoms with E-state index >= 15 is 0 Å². The van der Waals surface area contributed by atoms with Crippen molar-refractivity contribution < 1.29 is 4.79 Å². The van der Waals surface area contributed by atoms with Crippen molar-refractivity contribution >= 4 is 23.5 Å². The minimum atomic E-state index is 0.103. The molecule has 0 spiro atoms. The van der Waals surface area contributed by atoms with Gasteiger partial charge in [-0.25, -0.2) is 9.29 Å². The molecule has 1 aliphatic rings. The van der Waals surface area contributed by atoms with Crippen molar-refractivity contribution in [2.24, 2.45) is 7.05 Å². The molecule has 3 heterocycles. The van der Waals surface area contributed by atoms with Crippen LogP contribution in [0.1, 0.15) is 54.0 Å². The smallest absolute Gasteiger partial charge is 0.176 e. The Labute approximate surface area is 197 Å². The lowest BCUT2D eigenvalue weighted by Gasteiger charge is -2.27. The van der Waals surface area contributed by atoms with E-state index in [-0.39, 0.29) is 5.78 Å². The first kappa shape index (κ1) is 25.7. The first-order valence-electron chi connectivity index (χ1n) is 11.0. The van der Waals surface area contributed by atoms with Crippen LogP contribution in [-0.4, -0.2) is 32.7 Å². The Morgan fingerprint density at radius 1 is 1.28 bits per heavy atom. The number of Topliss-reactive ketones (excluding diaryl/α,β-unsaturated/α-hetero) is 1. The van der Waals surface area contributed by atoms with Crippen LogP contribution in [0.25, 0.3) is 0 Å². The summed E-state index contributed by atoms with van der Waals surface area (Å²) >= 11 is 1.72. The molecule has 0 radical (unpaired) electrons. The van der Waals surface area contributed by atoms with Crippen LogP contribution in [0.4, 0.5) is 5.82 Å². The van der Waals surface area contributed by atoms with E-state index in [9.17, 15) is 4.79 Å². The Morgan fingerprint density at radius 3 is 2.53 bits per heavy atom. The van der Waals surface area contributed by atoms with Crippen LogP contribution in [0, 0.1) is 13.8 Å². The summed E-state index contributed by atoms with van der Waals surface area (Å²) in [6.45, 7) is 17.4. The number of nitrogen functional groups attached to an aromatic ring is 1. The number of anilines is 1. The number of pyridine rings is 1. The van der Waals surface area contributed by atoms with E-state index < -0.39 is 0 Å². The number of rotatable bonds is 7. The van der Waals surface area contributed by atoms with Gasteiger partial charge in [-0.05, 0) is 73.0 Å². The number of aryl methyl sites for hydroxylation is 1. The lowest BCUT2D eigenvalue weighted by atomic mass is 10.0. The van der Waals surface area contributed by atoms with Gasteiger partial charge in [-0.2, -0.15) is 0 Å². The van der Waals surface area contributed by atoms with Crippen molar-refractivity contribution in [3.63, 3.8) is 0 Å². The second-order valence-corrected chi connectivity index (χ2v) is 9.13. The fraction of sp³-hybridized carbons (Fsp3) is 0.385. The van der Waals surface area contributed by atoms with Crippen molar-refractivity contribution in [1.29, 1.82) is 0 Å². The number of nitrogens with two attached hydrogens (primary N) is 1. The number of carbonyl (C=O) groups is 1. The number of allylic oxidation sites excluding steroid dienone is 1. The van der Waals surface area contributed by atoms with Crippen molar-refractivity contribution in [1.82, 2.24) is 13.9 Å². The lowest BCUT2D eigenvalue weighted by molar-refractivity contribution is 0.101. The van der Waals surface area contributed by atoms with Gasteiger partial charge in [0.2, 0.25) is 0 Å². The van der Waals surface area contributed by atoms with E-state index in [1.807, 2.05) is 42.8 Å². The summed E-state index contributed by atoms with van der Waals surface area (Å²) in [6.07, 6.45) is 8.86. The van der Waals surface area contributed by atoms with E-state index in [2.05, 4.69) is 36.3 Å². The molecule has 0 amide bonds. The lowest BCUT2D eigenvalue weighted by Crippen LogP contribution is -2.25. The van der Waals surface area contributed by atoms with Gasteiger partial charge in [-0.1, -0.05) is 38.7 Å². The maximum absolute atomic E-state index is 11.6. The molecule has 32 heavy (non-hydrogen) atoms. The Bertz CT molecular complexity index is 1020. The molecule has 0 aromatic carbocycles. The first-order valence-corrected chi connectivity index (χ1v) is 11.8. The summed E-state index contributed by atoms with van der Waals surface area (Å²) in [4.78, 5) is 16.8. The number of ketones is 1. The molecule has 0 bridgehead atoms. The van der Waals surface area contributed by atoms with Crippen molar-refractivity contribution in [3.05, 3.63) is 77.3 Å². The molecule has 2 N–H and O–H groups in total. The molecular weight excluding hydrogens is 416 g/mol. The summed E-state index contributed by atoms with van der Waals surface area (Å²) < 4.78 is 4.28. The minimum Gasteiger partial charge on any atom is -0.383 e. The van der Waals surface area contributed by atoms with Gasteiger partial charge in [0, 0.05) is 43.8 Å². The Balaban J connectivity index is 0.000000278.